The fraction of sp³-hybridized carbons (Fsp3) is 0.250. The zero-order valence-electron chi connectivity index (χ0n) is 13.9. The lowest BCUT2D eigenvalue weighted by Crippen LogP contribution is -2.30. The lowest BCUT2D eigenvalue weighted by molar-refractivity contribution is 0.629. The SMILES string of the molecule is Cc1ccncc1N1CCc2[nH]c(-c3c(C)cccc3F)cc2C1. The number of benzene rings is 1. The summed E-state index contributed by atoms with van der Waals surface area (Å²) in [5, 5.41) is 0. The molecule has 0 aliphatic carbocycles. The van der Waals surface area contributed by atoms with Gasteiger partial charge in [-0.15, -0.1) is 0 Å². The number of fused-ring (bicyclic) bond motifs is 1. The van der Waals surface area contributed by atoms with Crippen LogP contribution in [0.5, 0.6) is 0 Å². The molecule has 0 amide bonds. The molecule has 24 heavy (non-hydrogen) atoms. The molecule has 3 heterocycles. The minimum atomic E-state index is -0.173. The number of aromatic amines is 1. The number of hydrogen-bond acceptors (Lipinski definition) is 2. The van der Waals surface area contributed by atoms with Crippen LogP contribution in [0.1, 0.15) is 22.4 Å². The van der Waals surface area contributed by atoms with Crippen LogP contribution in [-0.4, -0.2) is 16.5 Å². The maximum absolute atomic E-state index is 14.3. The van der Waals surface area contributed by atoms with E-state index in [4.69, 9.17) is 0 Å². The maximum atomic E-state index is 14.3. The molecule has 3 nitrogen and oxygen atoms in total. The number of halogens is 1. The van der Waals surface area contributed by atoms with Crippen molar-refractivity contribution in [2.75, 3.05) is 11.4 Å². The molecule has 0 fully saturated rings. The average Bonchev–Trinajstić information content (AvgIpc) is 2.97. The van der Waals surface area contributed by atoms with E-state index in [-0.39, 0.29) is 5.82 Å². The molecule has 0 bridgehead atoms. The zero-order valence-corrected chi connectivity index (χ0v) is 13.9. The number of hydrogen-bond donors (Lipinski definition) is 1. The first-order valence-electron chi connectivity index (χ1n) is 8.25. The number of nitrogens with one attached hydrogen (secondary N) is 1. The van der Waals surface area contributed by atoms with Gasteiger partial charge in [0, 0.05) is 42.7 Å². The van der Waals surface area contributed by atoms with E-state index in [1.165, 1.54) is 28.6 Å². The molecular formula is C20H20FN3. The van der Waals surface area contributed by atoms with Gasteiger partial charge in [0.15, 0.2) is 0 Å². The predicted octanol–water partition coefficient (Wildman–Crippen LogP) is 4.40. The van der Waals surface area contributed by atoms with E-state index in [0.29, 0.717) is 5.56 Å². The largest absolute Gasteiger partial charge is 0.365 e. The Morgan fingerprint density at radius 1 is 1.17 bits per heavy atom. The highest BCUT2D eigenvalue weighted by Crippen LogP contribution is 2.32. The Balaban J connectivity index is 1.69. The van der Waals surface area contributed by atoms with Crippen LogP contribution in [0.4, 0.5) is 10.1 Å². The van der Waals surface area contributed by atoms with E-state index < -0.39 is 0 Å². The summed E-state index contributed by atoms with van der Waals surface area (Å²) in [5.74, 6) is -0.173. The van der Waals surface area contributed by atoms with Crippen LogP contribution in [0.15, 0.2) is 42.7 Å². The lowest BCUT2D eigenvalue weighted by atomic mass is 10.0. The maximum Gasteiger partial charge on any atom is 0.132 e. The summed E-state index contributed by atoms with van der Waals surface area (Å²) in [6.07, 6.45) is 4.68. The van der Waals surface area contributed by atoms with Gasteiger partial charge < -0.3 is 9.88 Å². The van der Waals surface area contributed by atoms with Crippen LogP contribution in [0.3, 0.4) is 0 Å². The monoisotopic (exact) mass is 321 g/mol. The summed E-state index contributed by atoms with van der Waals surface area (Å²) in [6, 6.07) is 9.36. The van der Waals surface area contributed by atoms with Crippen molar-refractivity contribution in [1.29, 1.82) is 0 Å². The van der Waals surface area contributed by atoms with E-state index in [1.54, 1.807) is 6.07 Å². The molecule has 2 aromatic heterocycles. The van der Waals surface area contributed by atoms with Crippen molar-refractivity contribution < 1.29 is 4.39 Å². The van der Waals surface area contributed by atoms with Gasteiger partial charge in [-0.2, -0.15) is 0 Å². The van der Waals surface area contributed by atoms with Crippen LogP contribution >= 0.6 is 0 Å². The van der Waals surface area contributed by atoms with Gasteiger partial charge in [-0.05, 0) is 48.7 Å². The summed E-state index contributed by atoms with van der Waals surface area (Å²) in [4.78, 5) is 10.0. The van der Waals surface area contributed by atoms with Crippen molar-refractivity contribution in [3.05, 3.63) is 70.9 Å². The van der Waals surface area contributed by atoms with Gasteiger partial charge in [0.1, 0.15) is 5.82 Å². The second kappa shape index (κ2) is 5.78. The molecule has 1 aliphatic heterocycles. The number of pyridine rings is 1. The standard InChI is InChI=1S/C20H20FN3/c1-13-6-8-22-11-19(13)24-9-7-17-15(12-24)10-18(23-17)20-14(2)4-3-5-16(20)21/h3-6,8,10-11,23H,7,9,12H2,1-2H3. The highest BCUT2D eigenvalue weighted by atomic mass is 19.1. The van der Waals surface area contributed by atoms with E-state index in [1.807, 2.05) is 31.5 Å². The van der Waals surface area contributed by atoms with Gasteiger partial charge in [0.05, 0.1) is 11.9 Å². The molecule has 1 aromatic carbocycles. The third-order valence-electron chi connectivity index (χ3n) is 4.83. The Labute approximate surface area is 141 Å². The topological polar surface area (TPSA) is 31.9 Å². The summed E-state index contributed by atoms with van der Waals surface area (Å²) in [7, 11) is 0. The molecule has 1 N–H and O–H groups in total. The number of rotatable bonds is 2. The van der Waals surface area contributed by atoms with Gasteiger partial charge in [0.2, 0.25) is 0 Å². The van der Waals surface area contributed by atoms with Crippen molar-refractivity contribution in [1.82, 2.24) is 9.97 Å². The summed E-state index contributed by atoms with van der Waals surface area (Å²) < 4.78 is 14.3. The van der Waals surface area contributed by atoms with Crippen LogP contribution in [-0.2, 0) is 13.0 Å². The molecule has 1 aliphatic rings. The summed E-state index contributed by atoms with van der Waals surface area (Å²) in [5.41, 5.74) is 7.36. The number of anilines is 1. The molecule has 3 aromatic rings. The molecule has 0 saturated carbocycles. The quantitative estimate of drug-likeness (QED) is 0.759. The van der Waals surface area contributed by atoms with Crippen molar-refractivity contribution >= 4 is 5.69 Å². The average molecular weight is 321 g/mol. The van der Waals surface area contributed by atoms with Gasteiger partial charge in [-0.1, -0.05) is 12.1 Å². The van der Waals surface area contributed by atoms with Crippen molar-refractivity contribution in [3.63, 3.8) is 0 Å². The molecule has 122 valence electrons. The number of H-pyrrole nitrogens is 1. The first kappa shape index (κ1) is 14.9. The fourth-order valence-electron chi connectivity index (χ4n) is 3.54. The Morgan fingerprint density at radius 3 is 2.83 bits per heavy atom. The van der Waals surface area contributed by atoms with E-state index >= 15 is 0 Å². The molecule has 0 atom stereocenters. The lowest BCUT2D eigenvalue weighted by Gasteiger charge is -2.29. The van der Waals surface area contributed by atoms with Crippen molar-refractivity contribution in [2.24, 2.45) is 0 Å². The molecule has 4 heteroatoms. The first-order chi connectivity index (χ1) is 11.6. The van der Waals surface area contributed by atoms with E-state index in [2.05, 4.69) is 27.9 Å². The molecule has 4 rings (SSSR count). The number of aromatic nitrogens is 2. The number of nitrogens with zero attached hydrogens (tertiary/aromatic N) is 2. The van der Waals surface area contributed by atoms with Crippen molar-refractivity contribution in [3.8, 4) is 11.3 Å². The summed E-state index contributed by atoms with van der Waals surface area (Å²) in [6.45, 7) is 5.82. The highest BCUT2D eigenvalue weighted by Gasteiger charge is 2.21. The van der Waals surface area contributed by atoms with Crippen LogP contribution in [0.25, 0.3) is 11.3 Å². The van der Waals surface area contributed by atoms with E-state index in [0.717, 1.165) is 30.8 Å². The van der Waals surface area contributed by atoms with Crippen LogP contribution < -0.4 is 4.90 Å². The first-order valence-corrected chi connectivity index (χ1v) is 8.25. The third kappa shape index (κ3) is 2.48. The molecule has 0 saturated heterocycles. The highest BCUT2D eigenvalue weighted by molar-refractivity contribution is 5.67. The van der Waals surface area contributed by atoms with Gasteiger partial charge in [-0.25, -0.2) is 4.39 Å². The van der Waals surface area contributed by atoms with Gasteiger partial charge >= 0.3 is 0 Å². The third-order valence-corrected chi connectivity index (χ3v) is 4.83. The minimum absolute atomic E-state index is 0.173. The Bertz CT molecular complexity index is 877. The molecule has 0 spiro atoms. The Kier molecular flexibility index (Phi) is 3.60. The Morgan fingerprint density at radius 2 is 2.04 bits per heavy atom. The second-order valence-electron chi connectivity index (χ2n) is 6.45. The second-order valence-corrected chi connectivity index (χ2v) is 6.45. The fourth-order valence-corrected chi connectivity index (χ4v) is 3.54. The summed E-state index contributed by atoms with van der Waals surface area (Å²) >= 11 is 0. The van der Waals surface area contributed by atoms with Gasteiger partial charge in [0.25, 0.3) is 0 Å². The molecule has 0 radical (unpaired) electrons. The van der Waals surface area contributed by atoms with E-state index in [9.17, 15) is 4.39 Å². The molecular weight excluding hydrogens is 301 g/mol. The van der Waals surface area contributed by atoms with Crippen LogP contribution in [0.2, 0.25) is 0 Å². The van der Waals surface area contributed by atoms with Gasteiger partial charge in [-0.3, -0.25) is 4.98 Å². The Hall–Kier alpha value is -2.62. The normalized spacial score (nSPS) is 13.9. The van der Waals surface area contributed by atoms with Crippen molar-refractivity contribution in [2.45, 2.75) is 26.8 Å². The predicted molar refractivity (Wildman–Crippen MR) is 94.7 cm³/mol. The molecule has 0 unspecified atom stereocenters. The smallest absolute Gasteiger partial charge is 0.132 e. The zero-order chi connectivity index (χ0) is 16.7. The van der Waals surface area contributed by atoms with Crippen LogP contribution in [0, 0.1) is 19.7 Å². The minimum Gasteiger partial charge on any atom is -0.365 e. The number of aryl methyl sites for hydroxylation is 2.